The van der Waals surface area contributed by atoms with Crippen molar-refractivity contribution in [3.63, 3.8) is 0 Å². The first-order valence-electron chi connectivity index (χ1n) is 9.88. The van der Waals surface area contributed by atoms with Crippen molar-refractivity contribution in [2.24, 2.45) is 0 Å². The summed E-state index contributed by atoms with van der Waals surface area (Å²) in [6.07, 6.45) is 0.942. The fourth-order valence-electron chi connectivity index (χ4n) is 3.33. The number of aryl methyl sites for hydroxylation is 1. The minimum absolute atomic E-state index is 0.252. The summed E-state index contributed by atoms with van der Waals surface area (Å²) in [6, 6.07) is 11.5. The zero-order valence-corrected chi connectivity index (χ0v) is 18.2. The molecule has 1 aromatic carbocycles. The van der Waals surface area contributed by atoms with Crippen LogP contribution in [-0.2, 0) is 15.9 Å². The van der Waals surface area contributed by atoms with Gasteiger partial charge in [-0.05, 0) is 31.0 Å². The van der Waals surface area contributed by atoms with Gasteiger partial charge in [-0.2, -0.15) is 5.10 Å². The van der Waals surface area contributed by atoms with Crippen molar-refractivity contribution in [3.05, 3.63) is 58.5 Å². The van der Waals surface area contributed by atoms with Crippen LogP contribution < -0.4 is 0 Å². The minimum atomic E-state index is -0.450. The first-order valence-corrected chi connectivity index (χ1v) is 10.8. The summed E-state index contributed by atoms with van der Waals surface area (Å²) < 4.78 is 10.1. The Hall–Kier alpha value is -3.52. The van der Waals surface area contributed by atoms with E-state index in [2.05, 4.69) is 22.1 Å². The molecule has 0 spiro atoms. The molecule has 3 heterocycles. The summed E-state index contributed by atoms with van der Waals surface area (Å²) >= 11 is 1.34. The first-order chi connectivity index (χ1) is 15.0. The largest absolute Gasteiger partial charge is 0.465 e. The van der Waals surface area contributed by atoms with E-state index in [1.54, 1.807) is 24.4 Å². The minimum Gasteiger partial charge on any atom is -0.465 e. The molecule has 0 unspecified atom stereocenters. The Balaban J connectivity index is 1.87. The number of H-pyrrole nitrogens is 1. The highest BCUT2D eigenvalue weighted by molar-refractivity contribution is 7.13. The van der Waals surface area contributed by atoms with E-state index in [1.165, 1.54) is 24.0 Å². The molecule has 31 heavy (non-hydrogen) atoms. The van der Waals surface area contributed by atoms with Crippen molar-refractivity contribution >= 4 is 34.3 Å². The molecule has 7 nitrogen and oxygen atoms in total. The third-order valence-corrected chi connectivity index (χ3v) is 5.90. The molecule has 0 radical (unpaired) electrons. The van der Waals surface area contributed by atoms with Gasteiger partial charge in [0.1, 0.15) is 0 Å². The summed E-state index contributed by atoms with van der Waals surface area (Å²) in [4.78, 5) is 30.0. The fourth-order valence-corrected chi connectivity index (χ4v) is 4.17. The van der Waals surface area contributed by atoms with Crippen LogP contribution in [0.25, 0.3) is 32.9 Å². The number of benzene rings is 1. The molecule has 4 aromatic rings. The van der Waals surface area contributed by atoms with Gasteiger partial charge in [-0.15, -0.1) is 11.3 Å². The van der Waals surface area contributed by atoms with Crippen LogP contribution >= 0.6 is 11.3 Å². The van der Waals surface area contributed by atoms with E-state index in [1.807, 2.05) is 24.3 Å². The number of hydrogen-bond acceptors (Lipinski definition) is 7. The molecule has 3 aromatic heterocycles. The van der Waals surface area contributed by atoms with Crippen molar-refractivity contribution in [3.8, 4) is 21.8 Å². The SMILES string of the molecule is CCOC(=O)c1cc(-c2cc(C(=O)OC)cs2)nc2n[nH]c(-c3ccc(CC)cc3)c12. The van der Waals surface area contributed by atoms with Gasteiger partial charge >= 0.3 is 11.9 Å². The summed E-state index contributed by atoms with van der Waals surface area (Å²) in [5.41, 5.74) is 4.58. The number of esters is 2. The predicted octanol–water partition coefficient (Wildman–Crippen LogP) is 4.88. The van der Waals surface area contributed by atoms with Gasteiger partial charge in [0.05, 0.1) is 46.5 Å². The lowest BCUT2D eigenvalue weighted by atomic mass is 10.0. The van der Waals surface area contributed by atoms with Crippen LogP contribution in [0.5, 0.6) is 0 Å². The van der Waals surface area contributed by atoms with Gasteiger partial charge in [0.15, 0.2) is 5.65 Å². The zero-order valence-electron chi connectivity index (χ0n) is 17.4. The maximum atomic E-state index is 12.8. The van der Waals surface area contributed by atoms with E-state index in [-0.39, 0.29) is 6.61 Å². The Kier molecular flexibility index (Phi) is 5.81. The van der Waals surface area contributed by atoms with Crippen molar-refractivity contribution in [2.45, 2.75) is 20.3 Å². The Labute approximate surface area is 183 Å². The molecule has 8 heteroatoms. The number of rotatable bonds is 6. The third kappa shape index (κ3) is 3.94. The number of carbonyl (C=O) groups excluding carboxylic acids is 2. The molecule has 0 bridgehead atoms. The molecule has 0 atom stereocenters. The monoisotopic (exact) mass is 435 g/mol. The maximum Gasteiger partial charge on any atom is 0.339 e. The van der Waals surface area contributed by atoms with Gasteiger partial charge < -0.3 is 9.47 Å². The lowest BCUT2D eigenvalue weighted by Gasteiger charge is -2.08. The Bertz CT molecular complexity index is 1260. The Morgan fingerprint density at radius 3 is 2.55 bits per heavy atom. The molecule has 0 saturated carbocycles. The molecule has 1 N–H and O–H groups in total. The normalized spacial score (nSPS) is 10.9. The zero-order chi connectivity index (χ0) is 22.0. The second-order valence-electron chi connectivity index (χ2n) is 6.81. The topological polar surface area (TPSA) is 94.2 Å². The molecule has 158 valence electrons. The van der Waals surface area contributed by atoms with E-state index >= 15 is 0 Å². The van der Waals surface area contributed by atoms with Crippen LogP contribution in [0, 0.1) is 0 Å². The molecular formula is C23H21N3O4S. The highest BCUT2D eigenvalue weighted by Crippen LogP contribution is 2.34. The highest BCUT2D eigenvalue weighted by atomic mass is 32.1. The standard InChI is InChI=1S/C23H21N3O4S/c1-4-13-6-8-14(9-7-13)20-19-16(23(28)30-5-2)11-17(24-21(19)26-25-20)18-10-15(12-31-18)22(27)29-3/h6-12H,4-5H2,1-3H3,(H,24,25,26). The van der Waals surface area contributed by atoms with Crippen LogP contribution in [0.15, 0.2) is 41.8 Å². The van der Waals surface area contributed by atoms with E-state index < -0.39 is 11.9 Å². The number of methoxy groups -OCH3 is 1. The highest BCUT2D eigenvalue weighted by Gasteiger charge is 2.22. The number of aromatic amines is 1. The average Bonchev–Trinajstić information content (AvgIpc) is 3.46. The van der Waals surface area contributed by atoms with Gasteiger partial charge in [-0.1, -0.05) is 31.2 Å². The quantitative estimate of drug-likeness (QED) is 0.434. The average molecular weight is 436 g/mol. The van der Waals surface area contributed by atoms with Crippen LogP contribution in [0.3, 0.4) is 0 Å². The first kappa shape index (κ1) is 20.7. The number of hydrogen-bond donors (Lipinski definition) is 1. The maximum absolute atomic E-state index is 12.8. The predicted molar refractivity (Wildman–Crippen MR) is 119 cm³/mol. The number of carbonyl (C=O) groups is 2. The lowest BCUT2D eigenvalue weighted by molar-refractivity contribution is 0.0527. The van der Waals surface area contributed by atoms with Crippen LogP contribution in [0.4, 0.5) is 0 Å². The molecule has 0 aliphatic carbocycles. The summed E-state index contributed by atoms with van der Waals surface area (Å²) in [7, 11) is 1.33. The Morgan fingerprint density at radius 2 is 1.87 bits per heavy atom. The van der Waals surface area contributed by atoms with Crippen molar-refractivity contribution < 1.29 is 19.1 Å². The molecule has 0 saturated heterocycles. The van der Waals surface area contributed by atoms with Crippen LogP contribution in [-0.4, -0.2) is 40.8 Å². The van der Waals surface area contributed by atoms with E-state index in [9.17, 15) is 9.59 Å². The van der Waals surface area contributed by atoms with Gasteiger partial charge in [0, 0.05) is 10.9 Å². The van der Waals surface area contributed by atoms with Gasteiger partial charge in [-0.25, -0.2) is 14.6 Å². The number of pyridine rings is 1. The van der Waals surface area contributed by atoms with E-state index in [4.69, 9.17) is 9.47 Å². The van der Waals surface area contributed by atoms with E-state index in [0.717, 1.165) is 16.9 Å². The number of nitrogens with zero attached hydrogens (tertiary/aromatic N) is 2. The molecule has 4 rings (SSSR count). The van der Waals surface area contributed by atoms with Crippen LogP contribution in [0.1, 0.15) is 40.1 Å². The smallest absolute Gasteiger partial charge is 0.339 e. The summed E-state index contributed by atoms with van der Waals surface area (Å²) in [5, 5.41) is 9.68. The van der Waals surface area contributed by atoms with Gasteiger partial charge in [0.2, 0.25) is 0 Å². The Morgan fingerprint density at radius 1 is 1.10 bits per heavy atom. The molecule has 0 aliphatic heterocycles. The third-order valence-electron chi connectivity index (χ3n) is 4.94. The second kappa shape index (κ2) is 8.69. The molecule has 0 fully saturated rings. The van der Waals surface area contributed by atoms with Gasteiger partial charge in [-0.3, -0.25) is 5.10 Å². The van der Waals surface area contributed by atoms with E-state index in [0.29, 0.717) is 33.5 Å². The number of fused-ring (bicyclic) bond motifs is 1. The number of aromatic nitrogens is 3. The molecule has 0 aliphatic rings. The van der Waals surface area contributed by atoms with Crippen molar-refractivity contribution in [1.82, 2.24) is 15.2 Å². The molecular weight excluding hydrogens is 414 g/mol. The number of thiophene rings is 1. The number of nitrogens with one attached hydrogen (secondary N) is 1. The lowest BCUT2D eigenvalue weighted by Crippen LogP contribution is -2.06. The van der Waals surface area contributed by atoms with Crippen molar-refractivity contribution in [2.75, 3.05) is 13.7 Å². The van der Waals surface area contributed by atoms with Crippen molar-refractivity contribution in [1.29, 1.82) is 0 Å². The summed E-state index contributed by atoms with van der Waals surface area (Å²) in [5.74, 6) is -0.875. The fraction of sp³-hybridized carbons (Fsp3) is 0.217. The molecule has 0 amide bonds. The van der Waals surface area contributed by atoms with Gasteiger partial charge in [0.25, 0.3) is 0 Å². The van der Waals surface area contributed by atoms with Crippen LogP contribution in [0.2, 0.25) is 0 Å². The number of ether oxygens (including phenoxy) is 2. The summed E-state index contributed by atoms with van der Waals surface area (Å²) in [6.45, 7) is 4.11. The second-order valence-corrected chi connectivity index (χ2v) is 7.73.